The van der Waals surface area contributed by atoms with Crippen molar-refractivity contribution in [1.29, 1.82) is 0 Å². The van der Waals surface area contributed by atoms with Gasteiger partial charge in [-0.25, -0.2) is 4.39 Å². The summed E-state index contributed by atoms with van der Waals surface area (Å²) in [5.41, 5.74) is 0.629. The number of nitrogens with zero attached hydrogens (tertiary/aromatic N) is 1. The highest BCUT2D eigenvalue weighted by atomic mass is 19.1. The standard InChI is InChI=1S/C18H22FNO4/c1-22-16-4-2-13(12-15(16)19)3-5-17(21)20-8-6-14(7-9-20)18-23-10-11-24-18/h2-5,12,14,18H,6-11H2,1H3/b5-3+. The molecule has 2 saturated heterocycles. The zero-order chi connectivity index (χ0) is 16.9. The van der Waals surface area contributed by atoms with E-state index in [0.717, 1.165) is 12.8 Å². The molecule has 5 nitrogen and oxygen atoms in total. The summed E-state index contributed by atoms with van der Waals surface area (Å²) >= 11 is 0. The van der Waals surface area contributed by atoms with Gasteiger partial charge in [0.05, 0.1) is 20.3 Å². The van der Waals surface area contributed by atoms with Gasteiger partial charge in [-0.2, -0.15) is 0 Å². The largest absolute Gasteiger partial charge is 0.494 e. The van der Waals surface area contributed by atoms with Gasteiger partial charge in [0.2, 0.25) is 5.91 Å². The fraction of sp³-hybridized carbons (Fsp3) is 0.500. The highest BCUT2D eigenvalue weighted by molar-refractivity contribution is 5.91. The molecule has 2 aliphatic heterocycles. The molecule has 130 valence electrons. The van der Waals surface area contributed by atoms with Crippen LogP contribution in [0.1, 0.15) is 18.4 Å². The summed E-state index contributed by atoms with van der Waals surface area (Å²) in [7, 11) is 1.42. The lowest BCUT2D eigenvalue weighted by Crippen LogP contribution is -2.40. The van der Waals surface area contributed by atoms with Crippen LogP contribution in [-0.4, -0.2) is 50.5 Å². The first kappa shape index (κ1) is 16.9. The van der Waals surface area contributed by atoms with Crippen LogP contribution in [0.25, 0.3) is 6.08 Å². The number of carbonyl (C=O) groups excluding carboxylic acids is 1. The monoisotopic (exact) mass is 335 g/mol. The first-order valence-corrected chi connectivity index (χ1v) is 8.21. The SMILES string of the molecule is COc1ccc(/C=C/C(=O)N2CCC(C3OCCO3)CC2)cc1F. The van der Waals surface area contributed by atoms with Gasteiger partial charge in [0, 0.05) is 25.1 Å². The number of halogens is 1. The summed E-state index contributed by atoms with van der Waals surface area (Å²) in [6.45, 7) is 2.69. The predicted octanol–water partition coefficient (Wildman–Crippen LogP) is 2.46. The van der Waals surface area contributed by atoms with Crippen molar-refractivity contribution in [1.82, 2.24) is 4.90 Å². The second-order valence-electron chi connectivity index (χ2n) is 6.00. The molecule has 0 aliphatic carbocycles. The van der Waals surface area contributed by atoms with Crippen molar-refractivity contribution in [2.24, 2.45) is 5.92 Å². The highest BCUT2D eigenvalue weighted by Crippen LogP contribution is 2.26. The molecule has 2 fully saturated rings. The van der Waals surface area contributed by atoms with Crippen LogP contribution in [0.3, 0.4) is 0 Å². The lowest BCUT2D eigenvalue weighted by molar-refractivity contribution is -0.131. The minimum atomic E-state index is -0.440. The second kappa shape index (κ2) is 7.77. The highest BCUT2D eigenvalue weighted by Gasteiger charge is 2.31. The Morgan fingerprint density at radius 1 is 1.29 bits per heavy atom. The molecule has 0 unspecified atom stereocenters. The van der Waals surface area contributed by atoms with E-state index in [9.17, 15) is 9.18 Å². The average Bonchev–Trinajstić information content (AvgIpc) is 3.14. The normalized spacial score (nSPS) is 20.0. The number of carbonyl (C=O) groups is 1. The molecule has 2 aliphatic rings. The average molecular weight is 335 g/mol. The Labute approximate surface area is 141 Å². The van der Waals surface area contributed by atoms with E-state index in [1.54, 1.807) is 18.2 Å². The number of piperidine rings is 1. The van der Waals surface area contributed by atoms with Crippen molar-refractivity contribution in [2.45, 2.75) is 19.1 Å². The molecule has 3 rings (SSSR count). The maximum atomic E-state index is 13.6. The van der Waals surface area contributed by atoms with Crippen molar-refractivity contribution < 1.29 is 23.4 Å². The lowest BCUT2D eigenvalue weighted by Gasteiger charge is -2.33. The molecule has 0 spiro atoms. The zero-order valence-corrected chi connectivity index (χ0v) is 13.7. The summed E-state index contributed by atoms with van der Waals surface area (Å²) in [5.74, 6) is 0.0514. The second-order valence-corrected chi connectivity index (χ2v) is 6.00. The van der Waals surface area contributed by atoms with Gasteiger partial charge in [0.25, 0.3) is 0 Å². The third-order valence-corrected chi connectivity index (χ3v) is 4.48. The van der Waals surface area contributed by atoms with Crippen molar-refractivity contribution in [2.75, 3.05) is 33.4 Å². The molecule has 1 amide bonds. The first-order chi connectivity index (χ1) is 11.7. The summed E-state index contributed by atoms with van der Waals surface area (Å²) in [5, 5.41) is 0. The molecule has 24 heavy (non-hydrogen) atoms. The van der Waals surface area contributed by atoms with Crippen LogP contribution in [0, 0.1) is 11.7 Å². The van der Waals surface area contributed by atoms with Crippen molar-refractivity contribution >= 4 is 12.0 Å². The summed E-state index contributed by atoms with van der Waals surface area (Å²) in [6, 6.07) is 4.61. The van der Waals surface area contributed by atoms with E-state index in [0.29, 0.717) is 37.8 Å². The van der Waals surface area contributed by atoms with Crippen LogP contribution < -0.4 is 4.74 Å². The van der Waals surface area contributed by atoms with Crippen LogP contribution in [0.4, 0.5) is 4.39 Å². The third kappa shape index (κ3) is 3.94. The molecule has 0 N–H and O–H groups in total. The lowest BCUT2D eigenvalue weighted by atomic mass is 9.96. The van der Waals surface area contributed by atoms with Gasteiger partial charge in [-0.05, 0) is 36.6 Å². The minimum Gasteiger partial charge on any atom is -0.494 e. The van der Waals surface area contributed by atoms with Gasteiger partial charge in [-0.15, -0.1) is 0 Å². The zero-order valence-electron chi connectivity index (χ0n) is 13.7. The Balaban J connectivity index is 1.52. The van der Waals surface area contributed by atoms with E-state index >= 15 is 0 Å². The van der Waals surface area contributed by atoms with Gasteiger partial charge in [0.1, 0.15) is 0 Å². The maximum absolute atomic E-state index is 13.6. The Morgan fingerprint density at radius 3 is 2.62 bits per heavy atom. The van der Waals surface area contributed by atoms with E-state index in [4.69, 9.17) is 14.2 Å². The molecule has 6 heteroatoms. The molecule has 1 aromatic carbocycles. The van der Waals surface area contributed by atoms with E-state index in [2.05, 4.69) is 0 Å². The van der Waals surface area contributed by atoms with Crippen LogP contribution in [-0.2, 0) is 14.3 Å². The summed E-state index contributed by atoms with van der Waals surface area (Å²) in [6.07, 6.45) is 4.76. The molecule has 0 saturated carbocycles. The quantitative estimate of drug-likeness (QED) is 0.793. The first-order valence-electron chi connectivity index (χ1n) is 8.21. The minimum absolute atomic E-state index is 0.0575. The van der Waals surface area contributed by atoms with E-state index < -0.39 is 5.82 Å². The molecule has 1 aromatic rings. The molecule has 2 heterocycles. The van der Waals surface area contributed by atoms with E-state index in [1.165, 1.54) is 19.3 Å². The molecule has 0 radical (unpaired) electrons. The fourth-order valence-corrected chi connectivity index (χ4v) is 3.10. The van der Waals surface area contributed by atoms with E-state index in [1.807, 2.05) is 4.90 Å². The molecular weight excluding hydrogens is 313 g/mol. The van der Waals surface area contributed by atoms with Crippen LogP contribution in [0.5, 0.6) is 5.75 Å². The summed E-state index contributed by atoms with van der Waals surface area (Å²) in [4.78, 5) is 14.1. The predicted molar refractivity (Wildman–Crippen MR) is 87.0 cm³/mol. The molecule has 0 bridgehead atoms. The van der Waals surface area contributed by atoms with Gasteiger partial charge < -0.3 is 19.1 Å². The smallest absolute Gasteiger partial charge is 0.246 e. The van der Waals surface area contributed by atoms with Crippen LogP contribution in [0.2, 0.25) is 0 Å². The number of benzene rings is 1. The summed E-state index contributed by atoms with van der Waals surface area (Å²) < 4.78 is 29.6. The number of ether oxygens (including phenoxy) is 3. The molecule has 0 atom stereocenters. The van der Waals surface area contributed by atoms with Crippen LogP contribution >= 0.6 is 0 Å². The topological polar surface area (TPSA) is 48.0 Å². The van der Waals surface area contributed by atoms with Gasteiger partial charge in [-0.3, -0.25) is 4.79 Å². The maximum Gasteiger partial charge on any atom is 0.246 e. The number of likely N-dealkylation sites (tertiary alicyclic amines) is 1. The van der Waals surface area contributed by atoms with Crippen molar-refractivity contribution in [3.05, 3.63) is 35.7 Å². The number of hydrogen-bond acceptors (Lipinski definition) is 4. The number of rotatable bonds is 4. The molecular formula is C18H22FNO4. The fourth-order valence-electron chi connectivity index (χ4n) is 3.10. The Hall–Kier alpha value is -1.92. The van der Waals surface area contributed by atoms with Crippen molar-refractivity contribution in [3.8, 4) is 5.75 Å². The number of amides is 1. The number of methoxy groups -OCH3 is 1. The Morgan fingerprint density at radius 2 is 2.00 bits per heavy atom. The van der Waals surface area contributed by atoms with Gasteiger partial charge in [0.15, 0.2) is 17.9 Å². The van der Waals surface area contributed by atoms with Crippen molar-refractivity contribution in [3.63, 3.8) is 0 Å². The molecule has 0 aromatic heterocycles. The Kier molecular flexibility index (Phi) is 5.48. The van der Waals surface area contributed by atoms with Gasteiger partial charge >= 0.3 is 0 Å². The third-order valence-electron chi connectivity index (χ3n) is 4.48. The van der Waals surface area contributed by atoms with Crippen LogP contribution in [0.15, 0.2) is 24.3 Å². The van der Waals surface area contributed by atoms with Gasteiger partial charge in [-0.1, -0.05) is 6.07 Å². The Bertz CT molecular complexity index is 605. The number of hydrogen-bond donors (Lipinski definition) is 0. The van der Waals surface area contributed by atoms with E-state index in [-0.39, 0.29) is 17.9 Å².